The summed E-state index contributed by atoms with van der Waals surface area (Å²) in [7, 11) is 1.34. The van der Waals surface area contributed by atoms with Gasteiger partial charge in [0.1, 0.15) is 0 Å². The average molecular weight is 233 g/mol. The van der Waals surface area contributed by atoms with Gasteiger partial charge in [0.25, 0.3) is 0 Å². The van der Waals surface area contributed by atoms with Crippen molar-refractivity contribution in [3.8, 4) is 0 Å². The molecule has 14 heavy (non-hydrogen) atoms. The van der Waals surface area contributed by atoms with Crippen molar-refractivity contribution in [1.29, 1.82) is 0 Å². The van der Waals surface area contributed by atoms with Crippen LogP contribution in [0.4, 0.5) is 0 Å². The number of hydrogen-bond donors (Lipinski definition) is 0. The first kappa shape index (κ1) is 11.3. The third kappa shape index (κ3) is 2.40. The lowest BCUT2D eigenvalue weighted by atomic mass is 10.1. The van der Waals surface area contributed by atoms with Crippen molar-refractivity contribution in [2.24, 2.45) is 0 Å². The van der Waals surface area contributed by atoms with Crippen LogP contribution in [-0.2, 0) is 16.0 Å². The Morgan fingerprint density at radius 3 is 2.50 bits per heavy atom. The highest BCUT2D eigenvalue weighted by Gasteiger charge is 2.11. The maximum Gasteiger partial charge on any atom is 0.310 e. The van der Waals surface area contributed by atoms with E-state index in [1.165, 1.54) is 7.11 Å². The van der Waals surface area contributed by atoms with Gasteiger partial charge in [0.2, 0.25) is 0 Å². The fraction of sp³-hybridized carbons (Fsp3) is 0.300. The van der Waals surface area contributed by atoms with Crippen molar-refractivity contribution in [3.05, 3.63) is 33.3 Å². The van der Waals surface area contributed by atoms with E-state index >= 15 is 0 Å². The van der Waals surface area contributed by atoms with Gasteiger partial charge in [0.05, 0.1) is 13.5 Å². The molecule has 1 aromatic rings. The minimum atomic E-state index is -0.322. The molecule has 2 nitrogen and oxygen atoms in total. The first-order chi connectivity index (χ1) is 6.56. The SMILES string of the molecule is COC(=O)Cc1c(Cl)ccc(Cl)c1C. The van der Waals surface area contributed by atoms with E-state index in [0.717, 1.165) is 11.1 Å². The largest absolute Gasteiger partial charge is 0.469 e. The Morgan fingerprint density at radius 2 is 1.93 bits per heavy atom. The van der Waals surface area contributed by atoms with E-state index in [9.17, 15) is 4.79 Å². The van der Waals surface area contributed by atoms with Gasteiger partial charge in [-0.3, -0.25) is 4.79 Å². The van der Waals surface area contributed by atoms with E-state index in [4.69, 9.17) is 23.2 Å². The number of halogens is 2. The van der Waals surface area contributed by atoms with Crippen LogP contribution in [0.25, 0.3) is 0 Å². The van der Waals surface area contributed by atoms with Crippen molar-refractivity contribution >= 4 is 29.2 Å². The highest BCUT2D eigenvalue weighted by atomic mass is 35.5. The number of ether oxygens (including phenoxy) is 1. The molecule has 76 valence electrons. The highest BCUT2D eigenvalue weighted by molar-refractivity contribution is 6.34. The summed E-state index contributed by atoms with van der Waals surface area (Å²) in [6, 6.07) is 3.38. The lowest BCUT2D eigenvalue weighted by Gasteiger charge is -2.08. The molecule has 0 aliphatic rings. The molecule has 0 radical (unpaired) electrons. The maximum absolute atomic E-state index is 11.1. The molecular weight excluding hydrogens is 223 g/mol. The zero-order valence-electron chi connectivity index (χ0n) is 7.93. The summed E-state index contributed by atoms with van der Waals surface area (Å²) in [6.45, 7) is 1.83. The molecule has 0 atom stereocenters. The molecule has 4 heteroatoms. The Kier molecular flexibility index (Phi) is 3.78. The number of esters is 1. The summed E-state index contributed by atoms with van der Waals surface area (Å²) in [4.78, 5) is 11.1. The summed E-state index contributed by atoms with van der Waals surface area (Å²) < 4.78 is 4.56. The first-order valence-electron chi connectivity index (χ1n) is 4.06. The Hall–Kier alpha value is -0.730. The minimum absolute atomic E-state index is 0.154. The topological polar surface area (TPSA) is 26.3 Å². The van der Waals surface area contributed by atoms with Gasteiger partial charge in [0, 0.05) is 10.0 Å². The summed E-state index contributed by atoms with van der Waals surface area (Å²) in [5, 5.41) is 1.14. The van der Waals surface area contributed by atoms with E-state index in [2.05, 4.69) is 4.74 Å². The molecule has 0 fully saturated rings. The van der Waals surface area contributed by atoms with E-state index in [1.807, 2.05) is 6.92 Å². The molecule has 1 aromatic carbocycles. The molecule has 0 unspecified atom stereocenters. The second kappa shape index (κ2) is 4.67. The van der Waals surface area contributed by atoms with Crippen LogP contribution in [0.3, 0.4) is 0 Å². The van der Waals surface area contributed by atoms with Crippen LogP contribution in [0.5, 0.6) is 0 Å². The quantitative estimate of drug-likeness (QED) is 0.734. The predicted molar refractivity (Wildman–Crippen MR) is 56.9 cm³/mol. The van der Waals surface area contributed by atoms with Crippen LogP contribution in [0, 0.1) is 6.92 Å². The van der Waals surface area contributed by atoms with E-state index in [1.54, 1.807) is 12.1 Å². The van der Waals surface area contributed by atoms with Crippen LogP contribution >= 0.6 is 23.2 Å². The molecule has 0 saturated carbocycles. The van der Waals surface area contributed by atoms with E-state index in [0.29, 0.717) is 10.0 Å². The second-order valence-electron chi connectivity index (χ2n) is 2.89. The Labute approximate surface area is 92.8 Å². The van der Waals surface area contributed by atoms with Crippen molar-refractivity contribution in [2.45, 2.75) is 13.3 Å². The van der Waals surface area contributed by atoms with Gasteiger partial charge < -0.3 is 4.74 Å². The van der Waals surface area contributed by atoms with Gasteiger partial charge in [-0.05, 0) is 30.2 Å². The zero-order valence-corrected chi connectivity index (χ0v) is 9.45. The number of carbonyl (C=O) groups is 1. The van der Waals surface area contributed by atoms with Crippen molar-refractivity contribution in [1.82, 2.24) is 0 Å². The Balaban J connectivity index is 3.06. The van der Waals surface area contributed by atoms with Gasteiger partial charge in [-0.1, -0.05) is 23.2 Å². The van der Waals surface area contributed by atoms with Crippen LogP contribution in [0.15, 0.2) is 12.1 Å². The molecule has 0 amide bonds. The monoisotopic (exact) mass is 232 g/mol. The molecule has 0 heterocycles. The molecule has 0 aliphatic heterocycles. The van der Waals surface area contributed by atoms with Crippen molar-refractivity contribution in [2.75, 3.05) is 7.11 Å². The summed E-state index contributed by atoms with van der Waals surface area (Å²) in [5.74, 6) is -0.322. The van der Waals surface area contributed by atoms with Gasteiger partial charge in [-0.25, -0.2) is 0 Å². The second-order valence-corrected chi connectivity index (χ2v) is 3.70. The Morgan fingerprint density at radius 1 is 1.36 bits per heavy atom. The van der Waals surface area contributed by atoms with E-state index in [-0.39, 0.29) is 12.4 Å². The van der Waals surface area contributed by atoms with E-state index < -0.39 is 0 Å². The number of hydrogen-bond acceptors (Lipinski definition) is 2. The van der Waals surface area contributed by atoms with Gasteiger partial charge in [0.15, 0.2) is 0 Å². The third-order valence-electron chi connectivity index (χ3n) is 2.02. The average Bonchev–Trinajstić information content (AvgIpc) is 2.18. The van der Waals surface area contributed by atoms with Crippen LogP contribution in [0.2, 0.25) is 10.0 Å². The number of methoxy groups -OCH3 is 1. The molecule has 0 N–H and O–H groups in total. The van der Waals surface area contributed by atoms with Gasteiger partial charge in [-0.2, -0.15) is 0 Å². The fourth-order valence-electron chi connectivity index (χ4n) is 1.13. The standard InChI is InChI=1S/C10H10Cl2O2/c1-6-7(5-10(13)14-2)9(12)4-3-8(6)11/h3-4H,5H2,1-2H3. The van der Waals surface area contributed by atoms with Crippen LogP contribution in [0.1, 0.15) is 11.1 Å². The molecule has 0 bridgehead atoms. The van der Waals surface area contributed by atoms with Crippen molar-refractivity contribution in [3.63, 3.8) is 0 Å². The van der Waals surface area contributed by atoms with Gasteiger partial charge >= 0.3 is 5.97 Å². The fourth-order valence-corrected chi connectivity index (χ4v) is 1.58. The third-order valence-corrected chi connectivity index (χ3v) is 2.79. The zero-order chi connectivity index (χ0) is 10.7. The summed E-state index contributed by atoms with van der Waals surface area (Å²) in [6.07, 6.45) is 0.154. The molecule has 0 spiro atoms. The molecule has 1 rings (SSSR count). The van der Waals surface area contributed by atoms with Crippen molar-refractivity contribution < 1.29 is 9.53 Å². The number of carbonyl (C=O) groups excluding carboxylic acids is 1. The normalized spacial score (nSPS) is 10.0. The molecule has 0 aliphatic carbocycles. The Bertz CT molecular complexity index is 361. The summed E-state index contributed by atoms with van der Waals surface area (Å²) in [5.41, 5.74) is 1.55. The van der Waals surface area contributed by atoms with Crippen LogP contribution < -0.4 is 0 Å². The highest BCUT2D eigenvalue weighted by Crippen LogP contribution is 2.26. The predicted octanol–water partition coefficient (Wildman–Crippen LogP) is 3.02. The smallest absolute Gasteiger partial charge is 0.310 e. The molecule has 0 saturated heterocycles. The molecular formula is C10H10Cl2O2. The maximum atomic E-state index is 11.1. The summed E-state index contributed by atoms with van der Waals surface area (Å²) >= 11 is 11.8. The minimum Gasteiger partial charge on any atom is -0.469 e. The van der Waals surface area contributed by atoms with Crippen LogP contribution in [-0.4, -0.2) is 13.1 Å². The van der Waals surface area contributed by atoms with Gasteiger partial charge in [-0.15, -0.1) is 0 Å². The lowest BCUT2D eigenvalue weighted by molar-refractivity contribution is -0.139. The first-order valence-corrected chi connectivity index (χ1v) is 4.82. The molecule has 0 aromatic heterocycles. The number of benzene rings is 1. The number of rotatable bonds is 2. The lowest BCUT2D eigenvalue weighted by Crippen LogP contribution is -2.06.